The smallest absolute Gasteiger partial charge is 0.0692 e. The van der Waals surface area contributed by atoms with Crippen LogP contribution in [0.2, 0.25) is 0 Å². The third kappa shape index (κ3) is 2.68. The van der Waals surface area contributed by atoms with Gasteiger partial charge in [-0.3, -0.25) is 4.68 Å². The number of nitrogens with zero attached hydrogens (tertiary/aromatic N) is 3. The molecule has 4 nitrogen and oxygen atoms in total. The third-order valence-corrected chi connectivity index (χ3v) is 3.76. The highest BCUT2D eigenvalue weighted by molar-refractivity contribution is 7.10. The molecule has 0 spiro atoms. The Morgan fingerprint density at radius 3 is 3.06 bits per heavy atom. The molecule has 0 saturated carbocycles. The zero-order chi connectivity index (χ0) is 11.4. The summed E-state index contributed by atoms with van der Waals surface area (Å²) in [7, 11) is 0. The van der Waals surface area contributed by atoms with E-state index in [1.807, 2.05) is 22.2 Å². The van der Waals surface area contributed by atoms with Crippen LogP contribution in [-0.4, -0.2) is 21.5 Å². The fourth-order valence-electron chi connectivity index (χ4n) is 1.67. The number of hydrogen-bond acceptors (Lipinski definition) is 4. The minimum Gasteiger partial charge on any atom is -0.308 e. The van der Waals surface area contributed by atoms with E-state index in [0.717, 1.165) is 13.1 Å². The molecule has 86 valence electrons. The Bertz CT molecular complexity index is 421. The van der Waals surface area contributed by atoms with Crippen molar-refractivity contribution in [2.75, 3.05) is 6.54 Å². The van der Waals surface area contributed by atoms with Crippen LogP contribution in [0.3, 0.4) is 0 Å². The van der Waals surface area contributed by atoms with Crippen molar-refractivity contribution in [1.82, 2.24) is 20.3 Å². The van der Waals surface area contributed by atoms with Gasteiger partial charge in [0.15, 0.2) is 0 Å². The Morgan fingerprint density at radius 2 is 2.44 bits per heavy atom. The van der Waals surface area contributed by atoms with E-state index in [-0.39, 0.29) is 0 Å². The van der Waals surface area contributed by atoms with Gasteiger partial charge in [-0.25, -0.2) is 0 Å². The second-order valence-electron chi connectivity index (χ2n) is 3.81. The molecule has 0 amide bonds. The quantitative estimate of drug-likeness (QED) is 0.863. The molecule has 0 aromatic carbocycles. The van der Waals surface area contributed by atoms with Crippen molar-refractivity contribution < 1.29 is 0 Å². The van der Waals surface area contributed by atoms with Crippen LogP contribution in [0.5, 0.6) is 0 Å². The lowest BCUT2D eigenvalue weighted by Gasteiger charge is -2.13. The minimum absolute atomic E-state index is 0.406. The van der Waals surface area contributed by atoms with Gasteiger partial charge in [-0.05, 0) is 30.9 Å². The van der Waals surface area contributed by atoms with Gasteiger partial charge in [0.2, 0.25) is 0 Å². The number of hydrogen-bond donors (Lipinski definition) is 1. The van der Waals surface area contributed by atoms with Crippen molar-refractivity contribution in [3.8, 4) is 0 Å². The van der Waals surface area contributed by atoms with Crippen LogP contribution in [-0.2, 0) is 6.54 Å². The Balaban J connectivity index is 1.80. The normalized spacial score (nSPS) is 12.9. The van der Waals surface area contributed by atoms with Crippen LogP contribution in [0.25, 0.3) is 0 Å². The van der Waals surface area contributed by atoms with Crippen LogP contribution >= 0.6 is 11.3 Å². The van der Waals surface area contributed by atoms with E-state index in [1.54, 1.807) is 6.20 Å². The second-order valence-corrected chi connectivity index (χ2v) is 4.76. The highest BCUT2D eigenvalue weighted by Crippen LogP contribution is 2.22. The van der Waals surface area contributed by atoms with Crippen molar-refractivity contribution >= 4 is 11.3 Å². The fraction of sp³-hybridized carbons (Fsp3) is 0.455. The molecule has 16 heavy (non-hydrogen) atoms. The third-order valence-electron chi connectivity index (χ3n) is 2.56. The number of aryl methyl sites for hydroxylation is 1. The van der Waals surface area contributed by atoms with Gasteiger partial charge < -0.3 is 5.32 Å². The Labute approximate surface area is 99.3 Å². The summed E-state index contributed by atoms with van der Waals surface area (Å²) in [5.74, 6) is 0. The fourth-order valence-corrected chi connectivity index (χ4v) is 2.63. The van der Waals surface area contributed by atoms with Crippen molar-refractivity contribution in [3.05, 3.63) is 34.3 Å². The average Bonchev–Trinajstić information content (AvgIpc) is 2.88. The molecule has 0 aliphatic rings. The molecule has 2 aromatic rings. The van der Waals surface area contributed by atoms with Crippen molar-refractivity contribution in [3.63, 3.8) is 0 Å². The lowest BCUT2D eigenvalue weighted by Crippen LogP contribution is -2.23. The van der Waals surface area contributed by atoms with Crippen LogP contribution in [0.1, 0.15) is 23.4 Å². The Morgan fingerprint density at radius 1 is 1.56 bits per heavy atom. The van der Waals surface area contributed by atoms with Gasteiger partial charge in [-0.15, -0.1) is 16.4 Å². The largest absolute Gasteiger partial charge is 0.308 e. The second kappa shape index (κ2) is 5.23. The number of thiophene rings is 1. The van der Waals surface area contributed by atoms with Gasteiger partial charge in [0.05, 0.1) is 12.7 Å². The molecule has 1 atom stereocenters. The molecule has 2 aromatic heterocycles. The lowest BCUT2D eigenvalue weighted by molar-refractivity contribution is 0.502. The lowest BCUT2D eigenvalue weighted by atomic mass is 10.2. The predicted molar refractivity (Wildman–Crippen MR) is 65.5 cm³/mol. The highest BCUT2D eigenvalue weighted by Gasteiger charge is 2.08. The summed E-state index contributed by atoms with van der Waals surface area (Å²) in [5.41, 5.74) is 1.37. The molecule has 0 fully saturated rings. The van der Waals surface area contributed by atoms with Crippen molar-refractivity contribution in [2.24, 2.45) is 0 Å². The molecule has 0 aliphatic carbocycles. The molecule has 1 N–H and O–H groups in total. The van der Waals surface area contributed by atoms with Crippen LogP contribution < -0.4 is 5.32 Å². The van der Waals surface area contributed by atoms with Crippen LogP contribution in [0.4, 0.5) is 0 Å². The number of nitrogens with one attached hydrogen (secondary N) is 1. The summed E-state index contributed by atoms with van der Waals surface area (Å²) in [6, 6.07) is 2.57. The zero-order valence-corrected chi connectivity index (χ0v) is 10.4. The molecule has 1 unspecified atom stereocenters. The molecule has 0 saturated heterocycles. The summed E-state index contributed by atoms with van der Waals surface area (Å²) in [6.45, 7) is 6.11. The van der Waals surface area contributed by atoms with E-state index in [1.165, 1.54) is 10.4 Å². The summed E-state index contributed by atoms with van der Waals surface area (Å²) >= 11 is 1.81. The molecular formula is C11H16N4S. The first-order valence-corrected chi connectivity index (χ1v) is 6.27. The molecule has 2 heterocycles. The van der Waals surface area contributed by atoms with E-state index < -0.39 is 0 Å². The first kappa shape index (κ1) is 11.3. The van der Waals surface area contributed by atoms with Crippen molar-refractivity contribution in [2.45, 2.75) is 26.4 Å². The van der Waals surface area contributed by atoms with Gasteiger partial charge in [-0.2, -0.15) is 0 Å². The molecule has 0 aliphatic heterocycles. The summed E-state index contributed by atoms with van der Waals surface area (Å²) in [4.78, 5) is 1.42. The maximum absolute atomic E-state index is 3.92. The van der Waals surface area contributed by atoms with Gasteiger partial charge >= 0.3 is 0 Å². The van der Waals surface area contributed by atoms with Crippen LogP contribution in [0, 0.1) is 6.92 Å². The predicted octanol–water partition coefficient (Wildman–Crippen LogP) is 2.00. The Kier molecular flexibility index (Phi) is 3.69. The first-order chi connectivity index (χ1) is 7.77. The minimum atomic E-state index is 0.406. The van der Waals surface area contributed by atoms with E-state index in [4.69, 9.17) is 0 Å². The monoisotopic (exact) mass is 236 g/mol. The van der Waals surface area contributed by atoms with E-state index in [0.29, 0.717) is 6.04 Å². The van der Waals surface area contributed by atoms with Crippen LogP contribution in [0.15, 0.2) is 23.8 Å². The van der Waals surface area contributed by atoms with E-state index in [9.17, 15) is 0 Å². The Hall–Kier alpha value is -1.20. The zero-order valence-electron chi connectivity index (χ0n) is 9.55. The number of aromatic nitrogens is 3. The summed E-state index contributed by atoms with van der Waals surface area (Å²) in [6.07, 6.45) is 3.58. The van der Waals surface area contributed by atoms with E-state index >= 15 is 0 Å². The maximum Gasteiger partial charge on any atom is 0.0692 e. The topological polar surface area (TPSA) is 42.7 Å². The number of rotatable bonds is 5. The molecular weight excluding hydrogens is 220 g/mol. The molecule has 5 heteroatoms. The summed E-state index contributed by atoms with van der Waals surface area (Å²) < 4.78 is 1.83. The van der Waals surface area contributed by atoms with Gasteiger partial charge in [0.25, 0.3) is 0 Å². The molecule has 0 radical (unpaired) electrons. The molecule has 2 rings (SSSR count). The highest BCUT2D eigenvalue weighted by atomic mass is 32.1. The average molecular weight is 236 g/mol. The van der Waals surface area contributed by atoms with Gasteiger partial charge in [0, 0.05) is 23.7 Å². The SMILES string of the molecule is Cc1ccsc1C(C)NCCn1ccnn1. The first-order valence-electron chi connectivity index (χ1n) is 5.39. The summed E-state index contributed by atoms with van der Waals surface area (Å²) in [5, 5.41) is 13.3. The maximum atomic E-state index is 3.92. The van der Waals surface area contributed by atoms with Crippen molar-refractivity contribution in [1.29, 1.82) is 0 Å². The van der Waals surface area contributed by atoms with Gasteiger partial charge in [0.1, 0.15) is 0 Å². The molecule has 0 bridgehead atoms. The standard InChI is InChI=1S/C11H16N4S/c1-9-3-8-16-11(9)10(2)12-4-6-15-7-5-13-14-15/h3,5,7-8,10,12H,4,6H2,1-2H3. The van der Waals surface area contributed by atoms with E-state index in [2.05, 4.69) is 40.9 Å². The van der Waals surface area contributed by atoms with Gasteiger partial charge in [-0.1, -0.05) is 5.21 Å².